The van der Waals surface area contributed by atoms with Crippen LogP contribution in [0.3, 0.4) is 0 Å². The lowest BCUT2D eigenvalue weighted by atomic mass is 10.0. The number of aliphatic hydroxyl groups excluding tert-OH is 1. The third-order valence-electron chi connectivity index (χ3n) is 5.47. The average molecular weight is 430 g/mol. The second-order valence-corrected chi connectivity index (χ2v) is 7.54. The summed E-state index contributed by atoms with van der Waals surface area (Å²) in [5.41, 5.74) is 2.05. The molecule has 0 saturated carbocycles. The average Bonchev–Trinajstić information content (AvgIpc) is 3.01. The van der Waals surface area contributed by atoms with E-state index in [1.165, 1.54) is 7.11 Å². The van der Waals surface area contributed by atoms with Gasteiger partial charge < -0.3 is 24.1 Å². The van der Waals surface area contributed by atoms with Gasteiger partial charge in [-0.1, -0.05) is 60.7 Å². The van der Waals surface area contributed by atoms with Crippen molar-refractivity contribution in [3.05, 3.63) is 71.8 Å². The van der Waals surface area contributed by atoms with E-state index in [2.05, 4.69) is 0 Å². The number of hydrogen-bond donors (Lipinski definition) is 1. The SMILES string of the molecule is COC(=O)[C@H](Cc1ccccc1)N1C[C@@H](OC)O[C@H](CO)[C@@H](OCc2ccccc2)C1. The molecule has 0 bridgehead atoms. The van der Waals surface area contributed by atoms with E-state index in [1.54, 1.807) is 7.11 Å². The first kappa shape index (κ1) is 23.4. The van der Waals surface area contributed by atoms with Gasteiger partial charge in [0.2, 0.25) is 0 Å². The first-order valence-electron chi connectivity index (χ1n) is 10.4. The van der Waals surface area contributed by atoms with Gasteiger partial charge in [0.05, 0.1) is 33.0 Å². The lowest BCUT2D eigenvalue weighted by molar-refractivity contribution is -0.184. The van der Waals surface area contributed by atoms with Gasteiger partial charge in [0.25, 0.3) is 0 Å². The van der Waals surface area contributed by atoms with Crippen molar-refractivity contribution in [1.82, 2.24) is 4.90 Å². The zero-order chi connectivity index (χ0) is 22.1. The van der Waals surface area contributed by atoms with Gasteiger partial charge in [0.1, 0.15) is 12.1 Å². The number of methoxy groups -OCH3 is 2. The van der Waals surface area contributed by atoms with Gasteiger partial charge in [0, 0.05) is 13.7 Å². The summed E-state index contributed by atoms with van der Waals surface area (Å²) in [5.74, 6) is -0.331. The first-order chi connectivity index (χ1) is 15.1. The van der Waals surface area contributed by atoms with Crippen molar-refractivity contribution in [2.24, 2.45) is 0 Å². The molecular weight excluding hydrogens is 398 g/mol. The minimum atomic E-state index is -0.606. The van der Waals surface area contributed by atoms with Crippen molar-refractivity contribution in [3.63, 3.8) is 0 Å². The predicted molar refractivity (Wildman–Crippen MR) is 115 cm³/mol. The second-order valence-electron chi connectivity index (χ2n) is 7.54. The molecule has 1 aliphatic heterocycles. The van der Waals surface area contributed by atoms with Crippen LogP contribution in [0.15, 0.2) is 60.7 Å². The van der Waals surface area contributed by atoms with E-state index in [-0.39, 0.29) is 12.6 Å². The van der Waals surface area contributed by atoms with Gasteiger partial charge in [-0.05, 0) is 17.5 Å². The number of ether oxygens (including phenoxy) is 4. The number of nitrogens with zero attached hydrogens (tertiary/aromatic N) is 1. The van der Waals surface area contributed by atoms with Gasteiger partial charge in [-0.25, -0.2) is 0 Å². The van der Waals surface area contributed by atoms with Crippen LogP contribution in [0, 0.1) is 0 Å². The lowest BCUT2D eigenvalue weighted by Gasteiger charge is -2.31. The fourth-order valence-electron chi connectivity index (χ4n) is 3.76. The molecule has 1 N–H and O–H groups in total. The number of benzene rings is 2. The quantitative estimate of drug-likeness (QED) is 0.611. The van der Waals surface area contributed by atoms with Crippen molar-refractivity contribution in [2.75, 3.05) is 33.9 Å². The minimum absolute atomic E-state index is 0.214. The fourth-order valence-corrected chi connectivity index (χ4v) is 3.76. The molecule has 0 aliphatic carbocycles. The summed E-state index contributed by atoms with van der Waals surface area (Å²) in [6, 6.07) is 19.1. The van der Waals surface area contributed by atoms with Crippen LogP contribution in [-0.2, 0) is 36.8 Å². The van der Waals surface area contributed by atoms with Gasteiger partial charge >= 0.3 is 5.97 Å². The molecule has 0 radical (unpaired) electrons. The normalized spacial score (nSPS) is 23.1. The molecular formula is C24H31NO6. The monoisotopic (exact) mass is 429 g/mol. The van der Waals surface area contributed by atoms with Crippen molar-refractivity contribution >= 4 is 5.97 Å². The molecule has 0 unspecified atom stereocenters. The molecule has 4 atom stereocenters. The molecule has 1 fully saturated rings. The van der Waals surface area contributed by atoms with Crippen LogP contribution in [0.4, 0.5) is 0 Å². The minimum Gasteiger partial charge on any atom is -0.468 e. The van der Waals surface area contributed by atoms with Gasteiger partial charge in [-0.2, -0.15) is 0 Å². The highest BCUT2D eigenvalue weighted by molar-refractivity contribution is 5.76. The molecule has 0 spiro atoms. The van der Waals surface area contributed by atoms with E-state index in [9.17, 15) is 9.90 Å². The number of hydrogen-bond acceptors (Lipinski definition) is 7. The Kier molecular flexibility index (Phi) is 8.99. The summed E-state index contributed by atoms with van der Waals surface area (Å²) in [4.78, 5) is 14.7. The Morgan fingerprint density at radius 2 is 1.71 bits per heavy atom. The number of rotatable bonds is 9. The van der Waals surface area contributed by atoms with Gasteiger partial charge in [-0.3, -0.25) is 9.69 Å². The Morgan fingerprint density at radius 3 is 2.29 bits per heavy atom. The van der Waals surface area contributed by atoms with Crippen LogP contribution >= 0.6 is 0 Å². The predicted octanol–water partition coefficient (Wildman–Crippen LogP) is 2.02. The van der Waals surface area contributed by atoms with E-state index >= 15 is 0 Å². The van der Waals surface area contributed by atoms with Crippen molar-refractivity contribution < 1.29 is 28.8 Å². The van der Waals surface area contributed by atoms with Crippen LogP contribution in [0.1, 0.15) is 11.1 Å². The number of aliphatic hydroxyl groups is 1. The molecule has 3 rings (SSSR count). The molecule has 168 valence electrons. The molecule has 31 heavy (non-hydrogen) atoms. The van der Waals surface area contributed by atoms with Crippen molar-refractivity contribution in [3.8, 4) is 0 Å². The maximum absolute atomic E-state index is 12.7. The maximum atomic E-state index is 12.7. The molecule has 0 aromatic heterocycles. The summed E-state index contributed by atoms with van der Waals surface area (Å²) in [7, 11) is 2.94. The molecule has 0 amide bonds. The molecule has 2 aromatic carbocycles. The molecule has 7 heteroatoms. The summed E-state index contributed by atoms with van der Waals surface area (Å²) >= 11 is 0. The van der Waals surface area contributed by atoms with Crippen LogP contribution in [-0.4, -0.2) is 74.4 Å². The Labute approximate surface area is 183 Å². The van der Waals surface area contributed by atoms with E-state index < -0.39 is 24.5 Å². The Morgan fingerprint density at radius 1 is 1.06 bits per heavy atom. The summed E-state index contributed by atoms with van der Waals surface area (Å²) in [5, 5.41) is 9.94. The van der Waals surface area contributed by atoms with Crippen LogP contribution in [0.25, 0.3) is 0 Å². The smallest absolute Gasteiger partial charge is 0.323 e. The number of esters is 1. The highest BCUT2D eigenvalue weighted by Gasteiger charge is 2.38. The van der Waals surface area contributed by atoms with E-state index in [0.717, 1.165) is 11.1 Å². The standard InChI is InChI=1S/C24H31NO6/c1-28-23-15-25(20(24(27)29-2)13-18-9-5-3-6-10-18)14-21(22(16-26)31-23)30-17-19-11-7-4-8-12-19/h3-12,20-23,26H,13-17H2,1-2H3/t20-,21-,22+,23-/m0/s1. The zero-order valence-corrected chi connectivity index (χ0v) is 18.1. The van der Waals surface area contributed by atoms with Crippen molar-refractivity contribution in [2.45, 2.75) is 37.6 Å². The summed E-state index contributed by atoms with van der Waals surface area (Å²) in [6.07, 6.45) is -1.15. The fraction of sp³-hybridized carbons (Fsp3) is 0.458. The van der Waals surface area contributed by atoms with Crippen LogP contribution in [0.5, 0.6) is 0 Å². The molecule has 7 nitrogen and oxygen atoms in total. The molecule has 1 aliphatic rings. The topological polar surface area (TPSA) is 77.5 Å². The lowest BCUT2D eigenvalue weighted by Crippen LogP contribution is -2.49. The number of carbonyl (C=O) groups excluding carboxylic acids is 1. The molecule has 1 heterocycles. The van der Waals surface area contributed by atoms with E-state index in [0.29, 0.717) is 26.1 Å². The molecule has 1 saturated heterocycles. The van der Waals surface area contributed by atoms with Crippen LogP contribution < -0.4 is 0 Å². The van der Waals surface area contributed by atoms with E-state index in [1.807, 2.05) is 65.6 Å². The number of carbonyl (C=O) groups is 1. The third kappa shape index (κ3) is 6.59. The van der Waals surface area contributed by atoms with Gasteiger partial charge in [-0.15, -0.1) is 0 Å². The van der Waals surface area contributed by atoms with Crippen molar-refractivity contribution in [1.29, 1.82) is 0 Å². The Balaban J connectivity index is 1.81. The third-order valence-corrected chi connectivity index (χ3v) is 5.47. The molecule has 2 aromatic rings. The van der Waals surface area contributed by atoms with E-state index in [4.69, 9.17) is 18.9 Å². The first-order valence-corrected chi connectivity index (χ1v) is 10.4. The highest BCUT2D eigenvalue weighted by Crippen LogP contribution is 2.21. The Hall–Kier alpha value is -2.29. The van der Waals surface area contributed by atoms with Gasteiger partial charge in [0.15, 0.2) is 6.29 Å². The summed E-state index contributed by atoms with van der Waals surface area (Å²) < 4.78 is 22.7. The highest BCUT2D eigenvalue weighted by atomic mass is 16.7. The summed E-state index contributed by atoms with van der Waals surface area (Å²) in [6.45, 7) is 0.905. The second kappa shape index (κ2) is 11.9. The maximum Gasteiger partial charge on any atom is 0.323 e. The largest absolute Gasteiger partial charge is 0.468 e. The zero-order valence-electron chi connectivity index (χ0n) is 18.1. The Bertz CT molecular complexity index is 787. The van der Waals surface area contributed by atoms with Crippen LogP contribution in [0.2, 0.25) is 0 Å².